The summed E-state index contributed by atoms with van der Waals surface area (Å²) in [6.07, 6.45) is 0.557. The van der Waals surface area contributed by atoms with Crippen LogP contribution in [-0.4, -0.2) is 27.9 Å². The first-order valence-electron chi connectivity index (χ1n) is 6.35. The number of benzene rings is 1. The molecule has 0 aliphatic heterocycles. The number of aliphatic carboxylic acids is 1. The predicted molar refractivity (Wildman–Crippen MR) is 75.9 cm³/mol. The topological polar surface area (TPSA) is 136 Å². The highest BCUT2D eigenvalue weighted by atomic mass is 16.6. The minimum absolute atomic E-state index is 0.0476. The lowest BCUT2D eigenvalue weighted by Gasteiger charge is -2.20. The summed E-state index contributed by atoms with van der Waals surface area (Å²) in [4.78, 5) is 33.3. The van der Waals surface area contributed by atoms with Crippen molar-refractivity contribution in [2.24, 2.45) is 5.92 Å². The van der Waals surface area contributed by atoms with Gasteiger partial charge in [-0.05, 0) is 12.0 Å². The summed E-state index contributed by atoms with van der Waals surface area (Å²) in [5.74, 6) is -2.20. The zero-order chi connectivity index (χ0) is 16.2. The molecule has 8 nitrogen and oxygen atoms in total. The van der Waals surface area contributed by atoms with E-state index in [4.69, 9.17) is 10.8 Å². The molecule has 0 spiro atoms. The van der Waals surface area contributed by atoms with Crippen LogP contribution in [0, 0.1) is 16.0 Å². The number of carboxylic acids is 1. The number of hydrogen-bond acceptors (Lipinski definition) is 5. The quantitative estimate of drug-likeness (QED) is 0.412. The molecule has 1 rings (SSSR count). The van der Waals surface area contributed by atoms with Crippen LogP contribution in [0.1, 0.15) is 30.6 Å². The molecule has 1 aromatic carbocycles. The van der Waals surface area contributed by atoms with Crippen LogP contribution >= 0.6 is 0 Å². The highest BCUT2D eigenvalue weighted by Crippen LogP contribution is 2.20. The van der Waals surface area contributed by atoms with Crippen LogP contribution in [0.4, 0.5) is 11.4 Å². The van der Waals surface area contributed by atoms with Crippen LogP contribution in [0.2, 0.25) is 0 Å². The lowest BCUT2D eigenvalue weighted by atomic mass is 9.98. The molecule has 0 radical (unpaired) electrons. The van der Waals surface area contributed by atoms with Crippen LogP contribution in [0.25, 0.3) is 0 Å². The molecule has 8 heteroatoms. The molecule has 0 bridgehead atoms. The maximum atomic E-state index is 12.1. The molecule has 114 valence electrons. The fraction of sp³-hybridized carbons (Fsp3) is 0.385. The van der Waals surface area contributed by atoms with Crippen molar-refractivity contribution in [3.63, 3.8) is 0 Å². The molecule has 1 aromatic rings. The molecule has 0 aliphatic rings. The first-order chi connectivity index (χ1) is 9.77. The summed E-state index contributed by atoms with van der Waals surface area (Å²) < 4.78 is 0. The molecule has 0 aromatic heterocycles. The second-order valence-corrected chi connectivity index (χ2v) is 4.70. The van der Waals surface area contributed by atoms with E-state index in [0.717, 1.165) is 6.07 Å². The lowest BCUT2D eigenvalue weighted by Crippen LogP contribution is -2.45. The van der Waals surface area contributed by atoms with Crippen molar-refractivity contribution < 1.29 is 19.6 Å². The minimum Gasteiger partial charge on any atom is -0.480 e. The van der Waals surface area contributed by atoms with E-state index in [1.54, 1.807) is 13.8 Å². The van der Waals surface area contributed by atoms with Crippen molar-refractivity contribution >= 4 is 23.3 Å². The van der Waals surface area contributed by atoms with Crippen LogP contribution in [-0.2, 0) is 4.79 Å². The number of carboxylic acid groups (broad SMARTS) is 1. The monoisotopic (exact) mass is 295 g/mol. The van der Waals surface area contributed by atoms with E-state index < -0.39 is 22.8 Å². The molecule has 0 unspecified atom stereocenters. The zero-order valence-electron chi connectivity index (χ0n) is 11.7. The van der Waals surface area contributed by atoms with E-state index in [1.807, 2.05) is 0 Å². The maximum Gasteiger partial charge on any atom is 0.326 e. The van der Waals surface area contributed by atoms with Gasteiger partial charge in [-0.25, -0.2) is 4.79 Å². The third-order valence-corrected chi connectivity index (χ3v) is 3.26. The number of nitrogens with two attached hydrogens (primary N) is 1. The summed E-state index contributed by atoms with van der Waals surface area (Å²) in [5, 5.41) is 22.2. The number of anilines is 1. The summed E-state index contributed by atoms with van der Waals surface area (Å²) in [6, 6.07) is 2.36. The highest BCUT2D eigenvalue weighted by molar-refractivity contribution is 6.01. The Morgan fingerprint density at radius 1 is 1.48 bits per heavy atom. The SMILES string of the molecule is CC[C@H](C)[C@H](NC(=O)c1cc([N+](=O)[O-])ccc1N)C(=O)O. The van der Waals surface area contributed by atoms with E-state index in [0.29, 0.717) is 6.42 Å². The Kier molecular flexibility index (Phi) is 5.23. The van der Waals surface area contributed by atoms with E-state index in [1.165, 1.54) is 12.1 Å². The zero-order valence-corrected chi connectivity index (χ0v) is 11.7. The minimum atomic E-state index is -1.17. The summed E-state index contributed by atoms with van der Waals surface area (Å²) in [6.45, 7) is 3.49. The van der Waals surface area contributed by atoms with Crippen LogP contribution in [0.5, 0.6) is 0 Å². The normalized spacial score (nSPS) is 13.2. The van der Waals surface area contributed by atoms with Gasteiger partial charge in [0, 0.05) is 17.8 Å². The molecule has 0 saturated carbocycles. The lowest BCUT2D eigenvalue weighted by molar-refractivity contribution is -0.384. The number of hydrogen-bond donors (Lipinski definition) is 3. The van der Waals surface area contributed by atoms with Gasteiger partial charge in [-0.2, -0.15) is 0 Å². The Labute approximate surface area is 121 Å². The standard InChI is InChI=1S/C13H17N3O5/c1-3-7(2)11(13(18)19)15-12(17)9-6-8(16(20)21)4-5-10(9)14/h4-7,11H,3,14H2,1-2H3,(H,15,17)(H,18,19)/t7-,11-/m0/s1. The third kappa shape index (κ3) is 3.91. The van der Waals surface area contributed by atoms with Gasteiger partial charge in [0.15, 0.2) is 0 Å². The van der Waals surface area contributed by atoms with Gasteiger partial charge in [-0.1, -0.05) is 20.3 Å². The molecular weight excluding hydrogens is 278 g/mol. The number of nitro benzene ring substituents is 1. The first-order valence-corrected chi connectivity index (χ1v) is 6.35. The maximum absolute atomic E-state index is 12.1. The molecular formula is C13H17N3O5. The van der Waals surface area contributed by atoms with Crippen LogP contribution < -0.4 is 11.1 Å². The third-order valence-electron chi connectivity index (χ3n) is 3.26. The van der Waals surface area contributed by atoms with Gasteiger partial charge in [-0.3, -0.25) is 14.9 Å². The van der Waals surface area contributed by atoms with Crippen LogP contribution in [0.3, 0.4) is 0 Å². The Morgan fingerprint density at radius 3 is 2.57 bits per heavy atom. The number of rotatable bonds is 6. The Balaban J connectivity index is 3.05. The summed E-state index contributed by atoms with van der Waals surface area (Å²) >= 11 is 0. The number of nitrogens with zero attached hydrogens (tertiary/aromatic N) is 1. The predicted octanol–water partition coefficient (Wildman–Crippen LogP) is 1.41. The largest absolute Gasteiger partial charge is 0.480 e. The molecule has 21 heavy (non-hydrogen) atoms. The van der Waals surface area contributed by atoms with Crippen LogP contribution in [0.15, 0.2) is 18.2 Å². The number of amides is 1. The molecule has 0 fully saturated rings. The number of carbonyl (C=O) groups excluding carboxylic acids is 1. The number of carbonyl (C=O) groups is 2. The Bertz CT molecular complexity index is 573. The average Bonchev–Trinajstić information content (AvgIpc) is 2.43. The fourth-order valence-electron chi connectivity index (χ4n) is 1.76. The highest BCUT2D eigenvalue weighted by Gasteiger charge is 2.27. The molecule has 2 atom stereocenters. The van der Waals surface area contributed by atoms with Crippen molar-refractivity contribution in [2.45, 2.75) is 26.3 Å². The second kappa shape index (κ2) is 6.69. The van der Waals surface area contributed by atoms with Crippen molar-refractivity contribution in [3.05, 3.63) is 33.9 Å². The second-order valence-electron chi connectivity index (χ2n) is 4.70. The first kappa shape index (κ1) is 16.4. The van der Waals surface area contributed by atoms with E-state index in [-0.39, 0.29) is 22.9 Å². The Morgan fingerprint density at radius 2 is 2.10 bits per heavy atom. The fourth-order valence-corrected chi connectivity index (χ4v) is 1.76. The van der Waals surface area contributed by atoms with E-state index in [9.17, 15) is 19.7 Å². The number of nitrogen functional groups attached to an aromatic ring is 1. The van der Waals surface area contributed by atoms with E-state index in [2.05, 4.69) is 5.32 Å². The van der Waals surface area contributed by atoms with Gasteiger partial charge in [-0.15, -0.1) is 0 Å². The van der Waals surface area contributed by atoms with E-state index >= 15 is 0 Å². The molecule has 0 aliphatic carbocycles. The number of non-ortho nitro benzene ring substituents is 1. The van der Waals surface area contributed by atoms with Gasteiger partial charge in [0.2, 0.25) is 0 Å². The van der Waals surface area contributed by atoms with Gasteiger partial charge in [0.1, 0.15) is 6.04 Å². The van der Waals surface area contributed by atoms with Crippen molar-refractivity contribution in [2.75, 3.05) is 5.73 Å². The van der Waals surface area contributed by atoms with Crippen molar-refractivity contribution in [1.29, 1.82) is 0 Å². The van der Waals surface area contributed by atoms with Gasteiger partial charge in [0.05, 0.1) is 10.5 Å². The average molecular weight is 295 g/mol. The Hall–Kier alpha value is -2.64. The summed E-state index contributed by atoms with van der Waals surface area (Å²) in [5.41, 5.74) is 5.27. The van der Waals surface area contributed by atoms with Crippen molar-refractivity contribution in [1.82, 2.24) is 5.32 Å². The summed E-state index contributed by atoms with van der Waals surface area (Å²) in [7, 11) is 0. The smallest absolute Gasteiger partial charge is 0.326 e. The molecule has 0 saturated heterocycles. The molecule has 1 amide bonds. The van der Waals surface area contributed by atoms with Gasteiger partial charge < -0.3 is 16.2 Å². The molecule has 4 N–H and O–H groups in total. The van der Waals surface area contributed by atoms with Gasteiger partial charge in [0.25, 0.3) is 11.6 Å². The number of nitrogens with one attached hydrogen (secondary N) is 1. The molecule has 0 heterocycles. The van der Waals surface area contributed by atoms with Gasteiger partial charge >= 0.3 is 5.97 Å². The number of nitro groups is 1. The van der Waals surface area contributed by atoms with Crippen molar-refractivity contribution in [3.8, 4) is 0 Å².